The molecule has 2 N–H and O–H groups in total. The molecule has 2 aromatic rings. The van der Waals surface area contributed by atoms with E-state index >= 15 is 0 Å². The van der Waals surface area contributed by atoms with Crippen molar-refractivity contribution in [2.45, 2.75) is 37.3 Å². The Kier molecular flexibility index (Phi) is 5.23. The van der Waals surface area contributed by atoms with Crippen molar-refractivity contribution in [3.8, 4) is 0 Å². The van der Waals surface area contributed by atoms with Gasteiger partial charge in [0.2, 0.25) is 16.0 Å². The molecule has 2 aliphatic heterocycles. The number of alkyl halides is 2. The molecule has 2 aliphatic rings. The van der Waals surface area contributed by atoms with Gasteiger partial charge in [-0.25, -0.2) is 22.2 Å². The molecule has 2 aromatic heterocycles. The highest BCUT2D eigenvalue weighted by molar-refractivity contribution is 7.88. The second kappa shape index (κ2) is 7.53. The zero-order valence-electron chi connectivity index (χ0n) is 15.6. The van der Waals surface area contributed by atoms with Crippen molar-refractivity contribution >= 4 is 27.0 Å². The lowest BCUT2D eigenvalue weighted by Gasteiger charge is -2.33. The number of fused-ring (bicyclic) bond motifs is 1. The van der Waals surface area contributed by atoms with Gasteiger partial charge in [-0.3, -0.25) is 0 Å². The van der Waals surface area contributed by atoms with Crippen LogP contribution >= 0.6 is 0 Å². The van der Waals surface area contributed by atoms with E-state index in [1.807, 2.05) is 16.8 Å². The molecule has 0 radical (unpaired) electrons. The fraction of sp³-hybridized carbons (Fsp3) is 0.647. The molecule has 154 valence electrons. The van der Waals surface area contributed by atoms with Crippen molar-refractivity contribution in [1.82, 2.24) is 24.2 Å². The number of hydrogen-bond acceptors (Lipinski definition) is 6. The molecule has 4 atom stereocenters. The van der Waals surface area contributed by atoms with Crippen molar-refractivity contribution in [2.24, 2.45) is 0 Å². The van der Waals surface area contributed by atoms with E-state index in [0.29, 0.717) is 25.0 Å². The minimum absolute atomic E-state index is 0.187. The Hall–Kier alpha value is -1.85. The first kappa shape index (κ1) is 19.5. The average Bonchev–Trinajstić information content (AvgIpc) is 3.06. The van der Waals surface area contributed by atoms with Crippen LogP contribution in [-0.4, -0.2) is 78.1 Å². The molecule has 4 rings (SSSR count). The van der Waals surface area contributed by atoms with Gasteiger partial charge < -0.3 is 15.2 Å². The number of aromatic nitrogens is 3. The number of halogens is 2. The molecular weight excluding hydrogens is 390 g/mol. The van der Waals surface area contributed by atoms with Gasteiger partial charge >= 0.3 is 0 Å². The maximum Gasteiger partial charge on any atom is 0.224 e. The Morgan fingerprint density at radius 3 is 2.82 bits per heavy atom. The zero-order chi connectivity index (χ0) is 19.9. The number of nitrogens with zero attached hydrogens (tertiary/aromatic N) is 4. The maximum absolute atomic E-state index is 14.5. The smallest absolute Gasteiger partial charge is 0.224 e. The second-order valence-corrected chi connectivity index (χ2v) is 9.43. The Bertz CT molecular complexity index is 952. The van der Waals surface area contributed by atoms with Crippen LogP contribution in [0, 0.1) is 0 Å². The van der Waals surface area contributed by atoms with E-state index < -0.39 is 28.4 Å². The summed E-state index contributed by atoms with van der Waals surface area (Å²) in [5.41, 5.74) is 0.607. The fourth-order valence-electron chi connectivity index (χ4n) is 3.90. The van der Waals surface area contributed by atoms with E-state index in [2.05, 4.69) is 20.6 Å². The van der Waals surface area contributed by atoms with Crippen molar-refractivity contribution in [3.63, 3.8) is 0 Å². The van der Waals surface area contributed by atoms with Crippen LogP contribution in [0.5, 0.6) is 0 Å². The molecule has 8 nitrogen and oxygen atoms in total. The minimum Gasteiger partial charge on any atom is -0.348 e. The number of anilines is 1. The van der Waals surface area contributed by atoms with Gasteiger partial charge in [-0.1, -0.05) is 0 Å². The Labute approximate surface area is 162 Å². The zero-order valence-corrected chi connectivity index (χ0v) is 16.4. The highest BCUT2D eigenvalue weighted by Crippen LogP contribution is 2.27. The molecule has 11 heteroatoms. The summed E-state index contributed by atoms with van der Waals surface area (Å²) < 4.78 is 55.0. The summed E-state index contributed by atoms with van der Waals surface area (Å²) >= 11 is 0. The van der Waals surface area contributed by atoms with Crippen molar-refractivity contribution < 1.29 is 17.2 Å². The van der Waals surface area contributed by atoms with Crippen LogP contribution in [-0.2, 0) is 10.0 Å². The van der Waals surface area contributed by atoms with Gasteiger partial charge in [-0.15, -0.1) is 0 Å². The fourth-order valence-corrected chi connectivity index (χ4v) is 4.75. The van der Waals surface area contributed by atoms with Crippen molar-refractivity contribution in [2.75, 3.05) is 37.8 Å². The van der Waals surface area contributed by atoms with Gasteiger partial charge in [0.1, 0.15) is 18.0 Å². The lowest BCUT2D eigenvalue weighted by molar-refractivity contribution is 0.186. The van der Waals surface area contributed by atoms with Gasteiger partial charge in [0.15, 0.2) is 0 Å². The van der Waals surface area contributed by atoms with Gasteiger partial charge in [0.25, 0.3) is 0 Å². The number of rotatable bonds is 4. The Balaban J connectivity index is 1.53. The summed E-state index contributed by atoms with van der Waals surface area (Å²) in [5.74, 6) is 0.261. The third-order valence-electron chi connectivity index (χ3n) is 5.47. The second-order valence-electron chi connectivity index (χ2n) is 7.45. The highest BCUT2D eigenvalue weighted by Gasteiger charge is 2.34. The topological polar surface area (TPSA) is 92.2 Å². The van der Waals surface area contributed by atoms with E-state index in [0.717, 1.165) is 22.5 Å². The van der Waals surface area contributed by atoms with Crippen LogP contribution in [0.15, 0.2) is 18.5 Å². The van der Waals surface area contributed by atoms with Crippen molar-refractivity contribution in [1.29, 1.82) is 0 Å². The molecule has 0 saturated carbocycles. The van der Waals surface area contributed by atoms with E-state index in [1.54, 1.807) is 6.20 Å². The largest absolute Gasteiger partial charge is 0.348 e. The molecule has 0 spiro atoms. The molecule has 0 aromatic carbocycles. The number of sulfonamides is 1. The number of piperidine rings is 2. The molecule has 0 aliphatic carbocycles. The molecule has 0 amide bonds. The van der Waals surface area contributed by atoms with E-state index in [4.69, 9.17) is 0 Å². The summed E-state index contributed by atoms with van der Waals surface area (Å²) in [6.45, 7) is 1.11. The third kappa shape index (κ3) is 3.83. The Morgan fingerprint density at radius 2 is 2.11 bits per heavy atom. The monoisotopic (exact) mass is 414 g/mol. The van der Waals surface area contributed by atoms with Crippen LogP contribution in [0.4, 0.5) is 14.7 Å². The highest BCUT2D eigenvalue weighted by atomic mass is 32.2. The number of nitrogens with one attached hydrogen (secondary N) is 2. The standard InChI is InChI=1S/C17H24F2N6O2S/c1-28(26,27)24-6-4-14(13(19)10-24)22-17-21-8-11-3-7-25(16(11)23-17)15-2-5-20-9-12(15)18/h3,7-8,12-15,20H,2,4-6,9-10H2,1H3,(H,21,22,23)/t12-,13-,14-,15-/m1/s1. The average molecular weight is 414 g/mol. The first-order valence-corrected chi connectivity index (χ1v) is 11.2. The van der Waals surface area contributed by atoms with Gasteiger partial charge in [0.05, 0.1) is 18.3 Å². The molecule has 0 unspecified atom stereocenters. The maximum atomic E-state index is 14.5. The normalized spacial score (nSPS) is 29.8. The SMILES string of the molecule is CS(=O)(=O)N1CC[C@@H](Nc2ncc3ccn([C@@H]4CCNC[C@H]4F)c3n2)[C@H](F)C1. The van der Waals surface area contributed by atoms with Gasteiger partial charge in [-0.2, -0.15) is 9.29 Å². The van der Waals surface area contributed by atoms with Crippen LogP contribution < -0.4 is 10.6 Å². The predicted octanol–water partition coefficient (Wildman–Crippen LogP) is 1.09. The molecule has 2 saturated heterocycles. The predicted molar refractivity (Wildman–Crippen MR) is 102 cm³/mol. The lowest BCUT2D eigenvalue weighted by Crippen LogP contribution is -2.49. The molecule has 2 fully saturated rings. The van der Waals surface area contributed by atoms with Gasteiger partial charge in [-0.05, 0) is 25.5 Å². The van der Waals surface area contributed by atoms with Crippen molar-refractivity contribution in [3.05, 3.63) is 18.5 Å². The summed E-state index contributed by atoms with van der Waals surface area (Å²) in [7, 11) is -3.41. The van der Waals surface area contributed by atoms with Crippen LogP contribution in [0.2, 0.25) is 0 Å². The first-order valence-electron chi connectivity index (χ1n) is 9.37. The summed E-state index contributed by atoms with van der Waals surface area (Å²) in [5, 5.41) is 6.82. The van der Waals surface area contributed by atoms with E-state index in [9.17, 15) is 17.2 Å². The minimum atomic E-state index is -3.41. The summed E-state index contributed by atoms with van der Waals surface area (Å²) in [6, 6.07) is 0.969. The quantitative estimate of drug-likeness (QED) is 0.778. The van der Waals surface area contributed by atoms with E-state index in [1.165, 1.54) is 0 Å². The lowest BCUT2D eigenvalue weighted by atomic mass is 10.0. The van der Waals surface area contributed by atoms with Crippen LogP contribution in [0.1, 0.15) is 18.9 Å². The first-order chi connectivity index (χ1) is 13.3. The molecule has 4 heterocycles. The summed E-state index contributed by atoms with van der Waals surface area (Å²) in [6.07, 6.45) is 3.13. The molecular formula is C17H24F2N6O2S. The molecule has 28 heavy (non-hydrogen) atoms. The molecule has 0 bridgehead atoms. The van der Waals surface area contributed by atoms with Crippen LogP contribution in [0.3, 0.4) is 0 Å². The van der Waals surface area contributed by atoms with Gasteiger partial charge in [0, 0.05) is 37.4 Å². The van der Waals surface area contributed by atoms with E-state index in [-0.39, 0.29) is 25.1 Å². The van der Waals surface area contributed by atoms with Crippen LogP contribution in [0.25, 0.3) is 11.0 Å². The Morgan fingerprint density at radius 1 is 1.29 bits per heavy atom. The third-order valence-corrected chi connectivity index (χ3v) is 6.74. The summed E-state index contributed by atoms with van der Waals surface area (Å²) in [4.78, 5) is 8.74. The number of hydrogen-bond donors (Lipinski definition) is 2.